The Morgan fingerprint density at radius 2 is 1.87 bits per heavy atom. The van der Waals surface area contributed by atoms with Gasteiger partial charge in [-0.3, -0.25) is 4.57 Å². The molecule has 3 aromatic rings. The summed E-state index contributed by atoms with van der Waals surface area (Å²) in [5, 5.41) is 10.5. The van der Waals surface area contributed by atoms with Crippen molar-refractivity contribution in [2.75, 3.05) is 26.1 Å². The number of hydrogen-bond donors (Lipinski definition) is 0. The lowest BCUT2D eigenvalue weighted by Crippen LogP contribution is -2.17. The molecule has 1 aliphatic rings. The Balaban J connectivity index is 1.45. The van der Waals surface area contributed by atoms with E-state index in [2.05, 4.69) is 14.8 Å². The minimum absolute atomic E-state index is 0.197. The van der Waals surface area contributed by atoms with E-state index in [1.165, 1.54) is 0 Å². The van der Waals surface area contributed by atoms with Crippen molar-refractivity contribution in [1.82, 2.24) is 14.8 Å². The summed E-state index contributed by atoms with van der Waals surface area (Å²) in [7, 11) is 1.66. The van der Waals surface area contributed by atoms with E-state index >= 15 is 0 Å². The summed E-state index contributed by atoms with van der Waals surface area (Å²) < 4.78 is 19.1. The van der Waals surface area contributed by atoms with Gasteiger partial charge in [0.05, 0.1) is 26.4 Å². The molecule has 30 heavy (non-hydrogen) atoms. The largest absolute Gasteiger partial charge is 0.497 e. The van der Waals surface area contributed by atoms with E-state index in [0.29, 0.717) is 11.6 Å². The molecular formula is C22H24ClN3O3S. The molecule has 1 aromatic heterocycles. The highest BCUT2D eigenvalue weighted by Gasteiger charge is 2.21. The average Bonchev–Trinajstić information content (AvgIpc) is 3.43. The highest BCUT2D eigenvalue weighted by atomic mass is 35.5. The molecule has 0 bridgehead atoms. The lowest BCUT2D eigenvalue weighted by molar-refractivity contribution is 0.0953. The molecule has 0 saturated carbocycles. The van der Waals surface area contributed by atoms with Crippen LogP contribution in [0, 0.1) is 0 Å². The van der Waals surface area contributed by atoms with Crippen molar-refractivity contribution in [1.29, 1.82) is 0 Å². The molecule has 0 spiro atoms. The first kappa shape index (κ1) is 21.0. The van der Waals surface area contributed by atoms with Crippen molar-refractivity contribution in [3.8, 4) is 22.9 Å². The normalized spacial score (nSPS) is 16.0. The maximum atomic E-state index is 5.92. The molecule has 0 aliphatic carbocycles. The predicted molar refractivity (Wildman–Crippen MR) is 119 cm³/mol. The van der Waals surface area contributed by atoms with Crippen molar-refractivity contribution in [2.24, 2.45) is 0 Å². The van der Waals surface area contributed by atoms with Crippen LogP contribution in [0.4, 0.5) is 0 Å². The molecule has 2 aromatic carbocycles. The van der Waals surface area contributed by atoms with Crippen LogP contribution >= 0.6 is 23.4 Å². The van der Waals surface area contributed by atoms with Crippen LogP contribution in [0.15, 0.2) is 53.7 Å². The standard InChI is InChI=1S/C22H24ClN3O3S/c1-27-18-8-4-16(5-9-18)21-24-25-22(26(21)15-20-3-2-12-28-20)30-14-13-29-19-10-6-17(23)7-11-19/h4-11,20H,2-3,12-15H2,1H3. The van der Waals surface area contributed by atoms with Crippen molar-refractivity contribution < 1.29 is 14.2 Å². The fourth-order valence-electron chi connectivity index (χ4n) is 3.33. The third-order valence-corrected chi connectivity index (χ3v) is 6.06. The maximum absolute atomic E-state index is 5.92. The molecule has 0 N–H and O–H groups in total. The molecular weight excluding hydrogens is 422 g/mol. The first-order valence-electron chi connectivity index (χ1n) is 9.93. The highest BCUT2D eigenvalue weighted by molar-refractivity contribution is 7.99. The van der Waals surface area contributed by atoms with Gasteiger partial charge in [0, 0.05) is 22.9 Å². The summed E-state index contributed by atoms with van der Waals surface area (Å²) in [4.78, 5) is 0. The van der Waals surface area contributed by atoms with Crippen LogP contribution in [0.1, 0.15) is 12.8 Å². The first-order chi connectivity index (χ1) is 14.7. The lowest BCUT2D eigenvalue weighted by Gasteiger charge is -2.15. The number of hydrogen-bond acceptors (Lipinski definition) is 6. The van der Waals surface area contributed by atoms with E-state index in [9.17, 15) is 0 Å². The number of thioether (sulfide) groups is 1. The molecule has 8 heteroatoms. The van der Waals surface area contributed by atoms with Crippen molar-refractivity contribution in [2.45, 2.75) is 30.6 Å². The van der Waals surface area contributed by atoms with Gasteiger partial charge in [0.15, 0.2) is 11.0 Å². The van der Waals surface area contributed by atoms with Gasteiger partial charge in [-0.25, -0.2) is 0 Å². The lowest BCUT2D eigenvalue weighted by atomic mass is 10.2. The van der Waals surface area contributed by atoms with Crippen molar-refractivity contribution in [3.63, 3.8) is 0 Å². The molecule has 1 aliphatic heterocycles. The minimum Gasteiger partial charge on any atom is -0.497 e. The average molecular weight is 446 g/mol. The van der Waals surface area contributed by atoms with E-state index in [4.69, 9.17) is 25.8 Å². The number of nitrogens with zero attached hydrogens (tertiary/aromatic N) is 3. The third kappa shape index (κ3) is 5.28. The van der Waals surface area contributed by atoms with Crippen LogP contribution in [0.5, 0.6) is 11.5 Å². The number of halogens is 1. The molecule has 2 heterocycles. The van der Waals surface area contributed by atoms with E-state index in [1.54, 1.807) is 18.9 Å². The quantitative estimate of drug-likeness (QED) is 0.343. The van der Waals surface area contributed by atoms with E-state index in [1.807, 2.05) is 48.5 Å². The molecule has 4 rings (SSSR count). The molecule has 0 radical (unpaired) electrons. The van der Waals surface area contributed by atoms with Gasteiger partial charge < -0.3 is 14.2 Å². The second-order valence-corrected chi connectivity index (χ2v) is 8.43. The van der Waals surface area contributed by atoms with E-state index < -0.39 is 0 Å². The van der Waals surface area contributed by atoms with Gasteiger partial charge in [0.25, 0.3) is 0 Å². The Kier molecular flexibility index (Phi) is 7.15. The van der Waals surface area contributed by atoms with Crippen LogP contribution in [0.3, 0.4) is 0 Å². The first-order valence-corrected chi connectivity index (χ1v) is 11.3. The molecule has 6 nitrogen and oxygen atoms in total. The van der Waals surface area contributed by atoms with Crippen LogP contribution in [-0.4, -0.2) is 46.9 Å². The zero-order chi connectivity index (χ0) is 20.8. The monoisotopic (exact) mass is 445 g/mol. The Morgan fingerprint density at radius 3 is 2.57 bits per heavy atom. The third-order valence-electron chi connectivity index (χ3n) is 4.87. The second-order valence-electron chi connectivity index (χ2n) is 6.93. The summed E-state index contributed by atoms with van der Waals surface area (Å²) in [6.07, 6.45) is 2.36. The molecule has 1 unspecified atom stereocenters. The van der Waals surface area contributed by atoms with E-state index in [-0.39, 0.29) is 6.10 Å². The fraction of sp³-hybridized carbons (Fsp3) is 0.364. The number of rotatable bonds is 9. The van der Waals surface area contributed by atoms with Crippen LogP contribution in [0.25, 0.3) is 11.4 Å². The Morgan fingerprint density at radius 1 is 1.10 bits per heavy atom. The molecule has 1 fully saturated rings. The number of benzene rings is 2. The Bertz CT molecular complexity index is 941. The summed E-state index contributed by atoms with van der Waals surface area (Å²) in [5.74, 6) is 3.22. The van der Waals surface area contributed by atoms with Crippen molar-refractivity contribution >= 4 is 23.4 Å². The summed E-state index contributed by atoms with van der Waals surface area (Å²) in [6, 6.07) is 15.3. The molecule has 158 valence electrons. The summed E-state index contributed by atoms with van der Waals surface area (Å²) in [6.45, 7) is 2.13. The van der Waals surface area contributed by atoms with Crippen LogP contribution in [0.2, 0.25) is 5.02 Å². The van der Waals surface area contributed by atoms with Gasteiger partial charge in [0.2, 0.25) is 0 Å². The fourth-order valence-corrected chi connectivity index (χ4v) is 4.22. The van der Waals surface area contributed by atoms with Gasteiger partial charge >= 0.3 is 0 Å². The predicted octanol–water partition coefficient (Wildman–Crippen LogP) is 4.96. The van der Waals surface area contributed by atoms with E-state index in [0.717, 1.165) is 59.8 Å². The van der Waals surface area contributed by atoms with Gasteiger partial charge in [-0.1, -0.05) is 23.4 Å². The SMILES string of the molecule is COc1ccc(-c2nnc(SCCOc3ccc(Cl)cc3)n2CC2CCCO2)cc1. The van der Waals surface area contributed by atoms with Gasteiger partial charge in [-0.2, -0.15) is 0 Å². The van der Waals surface area contributed by atoms with Crippen LogP contribution < -0.4 is 9.47 Å². The zero-order valence-corrected chi connectivity index (χ0v) is 18.4. The van der Waals surface area contributed by atoms with Crippen molar-refractivity contribution in [3.05, 3.63) is 53.6 Å². The Hall–Kier alpha value is -2.22. The highest BCUT2D eigenvalue weighted by Crippen LogP contribution is 2.28. The van der Waals surface area contributed by atoms with Gasteiger partial charge in [-0.05, 0) is 61.4 Å². The van der Waals surface area contributed by atoms with Gasteiger partial charge in [0.1, 0.15) is 11.5 Å². The smallest absolute Gasteiger partial charge is 0.191 e. The Labute approximate surface area is 185 Å². The van der Waals surface area contributed by atoms with Crippen LogP contribution in [-0.2, 0) is 11.3 Å². The summed E-state index contributed by atoms with van der Waals surface area (Å²) >= 11 is 7.55. The number of aromatic nitrogens is 3. The number of methoxy groups -OCH3 is 1. The topological polar surface area (TPSA) is 58.4 Å². The zero-order valence-electron chi connectivity index (χ0n) is 16.8. The maximum Gasteiger partial charge on any atom is 0.191 e. The second kappa shape index (κ2) is 10.2. The molecule has 0 amide bonds. The molecule has 1 saturated heterocycles. The van der Waals surface area contributed by atoms with Gasteiger partial charge in [-0.15, -0.1) is 10.2 Å². The summed E-state index contributed by atoms with van der Waals surface area (Å²) in [5.41, 5.74) is 1.01. The minimum atomic E-state index is 0.197. The number of ether oxygens (including phenoxy) is 3. The molecule has 1 atom stereocenters.